The molecule has 1 unspecified atom stereocenters. The highest BCUT2D eigenvalue weighted by Crippen LogP contribution is 2.31. The molecule has 2 atom stereocenters. The van der Waals surface area contributed by atoms with Gasteiger partial charge < -0.3 is 10.5 Å². The second kappa shape index (κ2) is 13.8. The summed E-state index contributed by atoms with van der Waals surface area (Å²) in [6.45, 7) is 10.7. The van der Waals surface area contributed by atoms with E-state index in [4.69, 9.17) is 10.5 Å². The molecule has 32 heavy (non-hydrogen) atoms. The zero-order valence-electron chi connectivity index (χ0n) is 20.0. The van der Waals surface area contributed by atoms with Crippen molar-refractivity contribution in [3.05, 3.63) is 82.9 Å². The average molecular weight is 452 g/mol. The lowest BCUT2D eigenvalue weighted by molar-refractivity contribution is 0.193. The van der Waals surface area contributed by atoms with Crippen molar-refractivity contribution in [2.24, 2.45) is 16.6 Å². The molecule has 0 radical (unpaired) electrons. The number of hydrogen-bond acceptors (Lipinski definition) is 5. The van der Waals surface area contributed by atoms with E-state index in [1.165, 1.54) is 22.9 Å². The number of methoxy groups -OCH3 is 1. The Balaban J connectivity index is 2.31. The van der Waals surface area contributed by atoms with Gasteiger partial charge in [-0.25, -0.2) is 0 Å². The van der Waals surface area contributed by atoms with Crippen molar-refractivity contribution in [1.29, 1.82) is 0 Å². The van der Waals surface area contributed by atoms with Crippen LogP contribution in [0.1, 0.15) is 45.2 Å². The standard InChI is InChI=1S/C27H37N3OS/c1-6-22(4)27(32-20-21(2)3)30(19-24-9-7-10-26(17-24)31-5)18-23-11-13-25(14-12-23)29-16-8-15-28/h7-17,20,22,27H,6,18-19,28H2,1-5H3/b15-8-,29-16?/t22-,27?/m1/s1. The summed E-state index contributed by atoms with van der Waals surface area (Å²) in [6, 6.07) is 16.8. The zero-order chi connectivity index (χ0) is 23.3. The molecule has 5 heteroatoms. The predicted molar refractivity (Wildman–Crippen MR) is 140 cm³/mol. The first-order valence-electron chi connectivity index (χ1n) is 11.1. The van der Waals surface area contributed by atoms with Gasteiger partial charge in [-0.2, -0.15) is 0 Å². The molecule has 0 fully saturated rings. The topological polar surface area (TPSA) is 50.8 Å². The van der Waals surface area contributed by atoms with E-state index in [9.17, 15) is 0 Å². The Bertz CT molecular complexity index is 901. The maximum absolute atomic E-state index is 5.46. The maximum Gasteiger partial charge on any atom is 0.119 e. The van der Waals surface area contributed by atoms with Crippen LogP contribution >= 0.6 is 11.8 Å². The van der Waals surface area contributed by atoms with Gasteiger partial charge in [-0.15, -0.1) is 11.8 Å². The van der Waals surface area contributed by atoms with E-state index in [-0.39, 0.29) is 0 Å². The highest BCUT2D eigenvalue weighted by Gasteiger charge is 2.24. The van der Waals surface area contributed by atoms with Crippen molar-refractivity contribution in [1.82, 2.24) is 4.90 Å². The van der Waals surface area contributed by atoms with Crippen LogP contribution in [-0.4, -0.2) is 23.6 Å². The SMILES string of the molecule is CC[C@@H](C)C(SC=C(C)C)N(Cc1ccc(N=C/C=C\N)cc1)Cc1cccc(OC)c1. The lowest BCUT2D eigenvalue weighted by Crippen LogP contribution is -2.36. The molecule has 172 valence electrons. The molecule has 2 rings (SSSR count). The maximum atomic E-state index is 5.46. The van der Waals surface area contributed by atoms with Gasteiger partial charge in [0.2, 0.25) is 0 Å². The molecule has 0 aliphatic heterocycles. The number of allylic oxidation sites excluding steroid dienone is 2. The first kappa shape index (κ1) is 25.8. The average Bonchev–Trinajstić information content (AvgIpc) is 2.80. The Hall–Kier alpha value is -2.50. The van der Waals surface area contributed by atoms with Crippen molar-refractivity contribution in [2.45, 2.75) is 52.6 Å². The quantitative estimate of drug-likeness (QED) is 0.282. The van der Waals surface area contributed by atoms with Gasteiger partial charge in [0.1, 0.15) is 5.75 Å². The molecule has 2 aromatic rings. The third-order valence-corrected chi connectivity index (χ3v) is 6.85. The first-order valence-corrected chi connectivity index (χ1v) is 12.1. The van der Waals surface area contributed by atoms with Crippen LogP contribution in [0.5, 0.6) is 5.75 Å². The molecule has 0 saturated carbocycles. The third kappa shape index (κ3) is 8.56. The second-order valence-electron chi connectivity index (χ2n) is 8.19. The summed E-state index contributed by atoms with van der Waals surface area (Å²) in [7, 11) is 1.72. The molecule has 0 saturated heterocycles. The summed E-state index contributed by atoms with van der Waals surface area (Å²) in [4.78, 5) is 6.97. The molecular formula is C27H37N3OS. The molecule has 0 spiro atoms. The van der Waals surface area contributed by atoms with Crippen molar-refractivity contribution in [3.63, 3.8) is 0 Å². The number of benzene rings is 2. The summed E-state index contributed by atoms with van der Waals surface area (Å²) < 4.78 is 5.46. The van der Waals surface area contributed by atoms with Crippen LogP contribution in [0.25, 0.3) is 0 Å². The van der Waals surface area contributed by atoms with Gasteiger partial charge >= 0.3 is 0 Å². The Morgan fingerprint density at radius 3 is 2.47 bits per heavy atom. The lowest BCUT2D eigenvalue weighted by Gasteiger charge is -2.35. The van der Waals surface area contributed by atoms with Crippen molar-refractivity contribution < 1.29 is 4.74 Å². The van der Waals surface area contributed by atoms with Gasteiger partial charge in [0.25, 0.3) is 0 Å². The van der Waals surface area contributed by atoms with E-state index in [1.807, 2.05) is 17.8 Å². The molecule has 0 aliphatic carbocycles. The van der Waals surface area contributed by atoms with Gasteiger partial charge in [0.05, 0.1) is 18.2 Å². The molecule has 0 heterocycles. The summed E-state index contributed by atoms with van der Waals surface area (Å²) in [5.41, 5.74) is 10.1. The van der Waals surface area contributed by atoms with Crippen LogP contribution < -0.4 is 10.5 Å². The molecule has 4 nitrogen and oxygen atoms in total. The summed E-state index contributed by atoms with van der Waals surface area (Å²) >= 11 is 1.93. The smallest absolute Gasteiger partial charge is 0.119 e. The molecule has 2 N–H and O–H groups in total. The lowest BCUT2D eigenvalue weighted by atomic mass is 10.1. The van der Waals surface area contributed by atoms with Crippen molar-refractivity contribution in [2.75, 3.05) is 7.11 Å². The number of ether oxygens (including phenoxy) is 1. The number of aliphatic imine (C=N–C) groups is 1. The molecule has 0 aliphatic rings. The van der Waals surface area contributed by atoms with Gasteiger partial charge in [0, 0.05) is 19.3 Å². The summed E-state index contributed by atoms with van der Waals surface area (Å²) in [5.74, 6) is 1.45. The van der Waals surface area contributed by atoms with Gasteiger partial charge in [-0.3, -0.25) is 9.89 Å². The van der Waals surface area contributed by atoms with Crippen molar-refractivity contribution >= 4 is 23.7 Å². The van der Waals surface area contributed by atoms with Crippen LogP contribution in [-0.2, 0) is 13.1 Å². The molecule has 0 aromatic heterocycles. The Morgan fingerprint density at radius 1 is 1.12 bits per heavy atom. The third-order valence-electron chi connectivity index (χ3n) is 5.20. The van der Waals surface area contributed by atoms with Gasteiger partial charge in [0.15, 0.2) is 0 Å². The highest BCUT2D eigenvalue weighted by molar-refractivity contribution is 8.02. The number of thioether (sulfide) groups is 1. The van der Waals surface area contributed by atoms with Crippen LogP contribution in [0.3, 0.4) is 0 Å². The monoisotopic (exact) mass is 451 g/mol. The largest absolute Gasteiger partial charge is 0.497 e. The molecular weight excluding hydrogens is 414 g/mol. The number of hydrogen-bond donors (Lipinski definition) is 1. The summed E-state index contributed by atoms with van der Waals surface area (Å²) in [6.07, 6.45) is 6.04. The number of nitrogens with two attached hydrogens (primary N) is 1. The van der Waals surface area contributed by atoms with Crippen molar-refractivity contribution in [3.8, 4) is 5.75 Å². The number of rotatable bonds is 12. The van der Waals surface area contributed by atoms with E-state index in [2.05, 4.69) is 85.5 Å². The van der Waals surface area contributed by atoms with E-state index in [0.29, 0.717) is 11.3 Å². The van der Waals surface area contributed by atoms with Gasteiger partial charge in [-0.1, -0.05) is 50.1 Å². The fourth-order valence-corrected chi connectivity index (χ4v) is 4.52. The minimum atomic E-state index is 0.369. The van der Waals surface area contributed by atoms with Gasteiger partial charge in [-0.05, 0) is 72.8 Å². The Kier molecular flexibility index (Phi) is 11.1. The molecule has 2 aromatic carbocycles. The Morgan fingerprint density at radius 2 is 1.84 bits per heavy atom. The predicted octanol–water partition coefficient (Wildman–Crippen LogP) is 6.90. The fraction of sp³-hybridized carbons (Fsp3) is 0.370. The normalized spacial score (nSPS) is 13.6. The van der Waals surface area contributed by atoms with Crippen LogP contribution in [0, 0.1) is 5.92 Å². The minimum absolute atomic E-state index is 0.369. The van der Waals surface area contributed by atoms with E-state index in [0.717, 1.165) is 30.9 Å². The van der Waals surface area contributed by atoms with Crippen LogP contribution in [0.2, 0.25) is 0 Å². The second-order valence-corrected chi connectivity index (χ2v) is 9.18. The van der Waals surface area contributed by atoms with Crippen LogP contribution in [0.15, 0.2) is 76.8 Å². The van der Waals surface area contributed by atoms with Crippen LogP contribution in [0.4, 0.5) is 5.69 Å². The zero-order valence-corrected chi connectivity index (χ0v) is 20.8. The molecule has 0 amide bonds. The van der Waals surface area contributed by atoms with E-state index < -0.39 is 0 Å². The summed E-state index contributed by atoms with van der Waals surface area (Å²) in [5, 5.41) is 2.66. The van der Waals surface area contributed by atoms with E-state index >= 15 is 0 Å². The fourth-order valence-electron chi connectivity index (χ4n) is 3.33. The first-order chi connectivity index (χ1) is 15.5. The number of nitrogens with zero attached hydrogens (tertiary/aromatic N) is 2. The van der Waals surface area contributed by atoms with E-state index in [1.54, 1.807) is 19.4 Å². The highest BCUT2D eigenvalue weighted by atomic mass is 32.2. The minimum Gasteiger partial charge on any atom is -0.497 e. The molecule has 0 bridgehead atoms. The Labute approximate surface area is 198 Å².